The van der Waals surface area contributed by atoms with E-state index < -0.39 is 27.9 Å². The largest absolute Gasteiger partial charge is 0.379 e. The summed E-state index contributed by atoms with van der Waals surface area (Å²) in [5, 5.41) is 0. The van der Waals surface area contributed by atoms with Gasteiger partial charge in [0.2, 0.25) is 21.8 Å². The van der Waals surface area contributed by atoms with Crippen LogP contribution in [0, 0.1) is 0 Å². The maximum atomic E-state index is 13.3. The number of nitrogens with two attached hydrogens (primary N) is 1. The van der Waals surface area contributed by atoms with E-state index in [1.54, 1.807) is 19.9 Å². The van der Waals surface area contributed by atoms with Gasteiger partial charge in [0.1, 0.15) is 0 Å². The van der Waals surface area contributed by atoms with Crippen LogP contribution in [0.3, 0.4) is 0 Å². The molecule has 2 fully saturated rings. The predicted octanol–water partition coefficient (Wildman–Crippen LogP) is -0.618. The fourth-order valence-corrected chi connectivity index (χ4v) is 5.50. The van der Waals surface area contributed by atoms with Gasteiger partial charge in [-0.2, -0.15) is 4.72 Å². The lowest BCUT2D eigenvalue weighted by atomic mass is 10.1. The van der Waals surface area contributed by atoms with Crippen LogP contribution >= 0.6 is 0 Å². The highest BCUT2D eigenvalue weighted by molar-refractivity contribution is 7.89. The summed E-state index contributed by atoms with van der Waals surface area (Å²) in [5.74, 6) is -2.00. The first-order valence-corrected chi connectivity index (χ1v) is 12.4. The van der Waals surface area contributed by atoms with Crippen LogP contribution in [0.2, 0.25) is 0 Å². The van der Waals surface area contributed by atoms with E-state index in [1.165, 1.54) is 21.9 Å². The molecular weight excluding hydrogens is 452 g/mol. The first-order chi connectivity index (χ1) is 15.7. The number of amides is 3. The minimum Gasteiger partial charge on any atom is -0.379 e. The van der Waals surface area contributed by atoms with Crippen LogP contribution in [0.5, 0.6) is 0 Å². The summed E-state index contributed by atoms with van der Waals surface area (Å²) in [5.41, 5.74) is 6.27. The minimum atomic E-state index is -4.33. The Labute approximate surface area is 193 Å². The number of nitrogens with zero attached hydrogens (tertiary/aromatic N) is 2. The van der Waals surface area contributed by atoms with Crippen molar-refractivity contribution in [1.29, 1.82) is 0 Å². The Morgan fingerprint density at radius 2 is 1.94 bits per heavy atom. The zero-order valence-electron chi connectivity index (χ0n) is 18.8. The van der Waals surface area contributed by atoms with Gasteiger partial charge in [-0.25, -0.2) is 8.42 Å². The smallest absolute Gasteiger partial charge is 0.250 e. The van der Waals surface area contributed by atoms with E-state index in [4.69, 9.17) is 15.2 Å². The fourth-order valence-electron chi connectivity index (χ4n) is 4.02. The maximum Gasteiger partial charge on any atom is 0.250 e. The number of hydrogen-bond acceptors (Lipinski definition) is 7. The van der Waals surface area contributed by atoms with Crippen molar-refractivity contribution in [1.82, 2.24) is 9.62 Å². The number of carbonyl (C=O) groups excluding carboxylic acids is 3. The Morgan fingerprint density at radius 3 is 2.61 bits per heavy atom. The Hall–Kier alpha value is -2.54. The van der Waals surface area contributed by atoms with E-state index in [0.717, 1.165) is 0 Å². The number of carbonyl (C=O) groups is 3. The highest BCUT2D eigenvalue weighted by Crippen LogP contribution is 2.29. The number of hydrogen-bond donors (Lipinski definition) is 2. The molecule has 2 atom stereocenters. The molecular formula is C21H30N4O7S. The highest BCUT2D eigenvalue weighted by Gasteiger charge is 2.37. The number of anilines is 1. The second kappa shape index (κ2) is 10.6. The summed E-state index contributed by atoms with van der Waals surface area (Å²) in [6, 6.07) is 2.48. The molecule has 2 aliphatic rings. The second-order valence-electron chi connectivity index (χ2n) is 7.93. The zero-order chi connectivity index (χ0) is 24.2. The predicted molar refractivity (Wildman–Crippen MR) is 119 cm³/mol. The van der Waals surface area contributed by atoms with E-state index in [2.05, 4.69) is 4.72 Å². The van der Waals surface area contributed by atoms with Gasteiger partial charge in [-0.15, -0.1) is 0 Å². The summed E-state index contributed by atoms with van der Waals surface area (Å²) in [7, 11) is -4.33. The Bertz CT molecular complexity index is 1010. The topological polar surface area (TPSA) is 148 Å². The normalized spacial score (nSPS) is 20.9. The van der Waals surface area contributed by atoms with Crippen molar-refractivity contribution in [2.75, 3.05) is 44.4 Å². The van der Waals surface area contributed by atoms with Gasteiger partial charge in [-0.3, -0.25) is 14.4 Å². The molecule has 0 saturated carbocycles. The number of rotatable bonds is 7. The molecule has 0 radical (unpaired) electrons. The van der Waals surface area contributed by atoms with Gasteiger partial charge in [0.05, 0.1) is 43.8 Å². The third-order valence-electron chi connectivity index (χ3n) is 5.72. The Kier molecular flexibility index (Phi) is 8.05. The fraction of sp³-hybridized carbons (Fsp3) is 0.571. The molecule has 1 aromatic rings. The molecule has 0 bridgehead atoms. The van der Waals surface area contributed by atoms with Gasteiger partial charge in [0.25, 0.3) is 5.91 Å². The van der Waals surface area contributed by atoms with E-state index in [-0.39, 0.29) is 43.0 Å². The lowest BCUT2D eigenvalue weighted by Crippen LogP contribution is -2.59. The average molecular weight is 483 g/mol. The third-order valence-corrected chi connectivity index (χ3v) is 7.23. The molecule has 3 N–H and O–H groups in total. The molecule has 3 rings (SSSR count). The first-order valence-electron chi connectivity index (χ1n) is 10.9. The van der Waals surface area contributed by atoms with Crippen LogP contribution in [0.1, 0.15) is 25.8 Å². The number of morpholine rings is 1. The van der Waals surface area contributed by atoms with Crippen molar-refractivity contribution >= 4 is 33.4 Å². The molecule has 2 aliphatic heterocycles. The van der Waals surface area contributed by atoms with Crippen molar-refractivity contribution in [3.8, 4) is 0 Å². The number of nitrogens with one attached hydrogen (secondary N) is 1. The Morgan fingerprint density at radius 1 is 1.21 bits per heavy atom. The summed E-state index contributed by atoms with van der Waals surface area (Å²) < 4.78 is 39.5. The third kappa shape index (κ3) is 5.52. The molecule has 12 heteroatoms. The summed E-state index contributed by atoms with van der Waals surface area (Å²) in [6.07, 6.45) is 0.487. The molecule has 2 saturated heterocycles. The molecule has 182 valence electrons. The van der Waals surface area contributed by atoms with Crippen molar-refractivity contribution in [2.24, 2.45) is 5.73 Å². The van der Waals surface area contributed by atoms with Gasteiger partial charge >= 0.3 is 0 Å². The van der Waals surface area contributed by atoms with Gasteiger partial charge in [-0.05, 0) is 31.0 Å². The zero-order valence-corrected chi connectivity index (χ0v) is 19.6. The lowest BCUT2D eigenvalue weighted by Gasteiger charge is -2.35. The number of primary amides is 1. The van der Waals surface area contributed by atoms with E-state index >= 15 is 0 Å². The molecule has 0 unspecified atom stereocenters. The van der Waals surface area contributed by atoms with Crippen LogP contribution in [0.25, 0.3) is 0 Å². The van der Waals surface area contributed by atoms with Crippen molar-refractivity contribution in [3.05, 3.63) is 23.8 Å². The van der Waals surface area contributed by atoms with Crippen molar-refractivity contribution in [3.63, 3.8) is 0 Å². The summed E-state index contributed by atoms with van der Waals surface area (Å²) >= 11 is 0. The van der Waals surface area contributed by atoms with Crippen molar-refractivity contribution < 1.29 is 32.3 Å². The molecule has 33 heavy (non-hydrogen) atoms. The monoisotopic (exact) mass is 482 g/mol. The molecule has 2 heterocycles. The quantitative estimate of drug-likeness (QED) is 0.492. The number of benzene rings is 1. The van der Waals surface area contributed by atoms with Gasteiger partial charge in [0, 0.05) is 18.8 Å². The van der Waals surface area contributed by atoms with Crippen LogP contribution in [0.15, 0.2) is 23.1 Å². The SMILES string of the molecule is CCc1c(N2CCOCCC2=O)cccc1S(=O)(=O)N[C@@H](C(N)=O)C(=O)N1CCOC[C@@H]1C. The summed E-state index contributed by atoms with van der Waals surface area (Å²) in [4.78, 5) is 40.4. The van der Waals surface area contributed by atoms with Crippen molar-refractivity contribution in [2.45, 2.75) is 43.7 Å². The van der Waals surface area contributed by atoms with Crippen LogP contribution < -0.4 is 15.4 Å². The summed E-state index contributed by atoms with van der Waals surface area (Å²) in [6.45, 7) is 5.22. The second-order valence-corrected chi connectivity index (χ2v) is 9.61. The van der Waals surface area contributed by atoms with E-state index in [1.807, 2.05) is 0 Å². The minimum absolute atomic E-state index is 0.116. The average Bonchev–Trinajstić information content (AvgIpc) is 3.00. The van der Waals surface area contributed by atoms with Gasteiger partial charge < -0.3 is 25.0 Å². The van der Waals surface area contributed by atoms with E-state index in [0.29, 0.717) is 37.4 Å². The molecule has 11 nitrogen and oxygen atoms in total. The molecule has 1 aromatic carbocycles. The molecule has 0 spiro atoms. The maximum absolute atomic E-state index is 13.3. The molecule has 0 aromatic heterocycles. The lowest BCUT2D eigenvalue weighted by molar-refractivity contribution is -0.144. The van der Waals surface area contributed by atoms with Gasteiger partial charge in [0.15, 0.2) is 6.04 Å². The van der Waals surface area contributed by atoms with E-state index in [9.17, 15) is 22.8 Å². The standard InChI is InChI=1S/C21H30N4O7S/c1-3-15-16(25-9-11-31-10-7-18(25)26)5-4-6-17(15)33(29,30)23-19(20(22)27)21(28)24-8-12-32-13-14(24)2/h4-6,14,19,23H,3,7-13H2,1-2H3,(H2,22,27)/t14-,19-/m0/s1. The van der Waals surface area contributed by atoms with Gasteiger partial charge in [-0.1, -0.05) is 13.0 Å². The molecule has 3 amide bonds. The first kappa shape index (κ1) is 25.1. The number of ether oxygens (including phenoxy) is 2. The van der Waals surface area contributed by atoms with Crippen LogP contribution in [-0.4, -0.2) is 82.6 Å². The van der Waals surface area contributed by atoms with Crippen LogP contribution in [0.4, 0.5) is 5.69 Å². The Balaban J connectivity index is 1.94. The number of sulfonamides is 1. The van der Waals surface area contributed by atoms with Crippen LogP contribution in [-0.2, 0) is 40.3 Å². The highest BCUT2D eigenvalue weighted by atomic mass is 32.2. The molecule has 0 aliphatic carbocycles.